The molecule has 2 aromatic carbocycles. The maximum absolute atomic E-state index is 13.4. The molecule has 1 unspecified atom stereocenters. The SMILES string of the molecule is COc1cccc(CNC[C@@H](O)[C@H](Cc2ccccc2)NC(=O)C(CCCCC(C)C)CS(=O)(=O)C(C)=O)c1.Cl. The fraction of sp³-hybridized carbons (Fsp3) is 0.533. The van der Waals surface area contributed by atoms with Gasteiger partial charge in [-0.1, -0.05) is 75.6 Å². The highest BCUT2D eigenvalue weighted by Gasteiger charge is 2.31. The lowest BCUT2D eigenvalue weighted by molar-refractivity contribution is -0.126. The van der Waals surface area contributed by atoms with E-state index in [0.717, 1.165) is 36.6 Å². The predicted molar refractivity (Wildman–Crippen MR) is 161 cm³/mol. The zero-order chi connectivity index (χ0) is 28.8. The van der Waals surface area contributed by atoms with E-state index in [4.69, 9.17) is 4.74 Å². The molecule has 40 heavy (non-hydrogen) atoms. The summed E-state index contributed by atoms with van der Waals surface area (Å²) in [6.45, 7) is 5.94. The first-order valence-electron chi connectivity index (χ1n) is 13.6. The van der Waals surface area contributed by atoms with Crippen LogP contribution in [0.5, 0.6) is 5.75 Å². The zero-order valence-corrected chi connectivity index (χ0v) is 25.6. The van der Waals surface area contributed by atoms with E-state index >= 15 is 0 Å². The van der Waals surface area contributed by atoms with Crippen molar-refractivity contribution in [2.24, 2.45) is 11.8 Å². The topological polar surface area (TPSA) is 122 Å². The molecule has 0 saturated heterocycles. The number of unbranched alkanes of at least 4 members (excludes halogenated alkanes) is 1. The largest absolute Gasteiger partial charge is 0.497 e. The molecular weight excluding hydrogens is 552 g/mol. The van der Waals surface area contributed by atoms with Crippen LogP contribution in [0.4, 0.5) is 0 Å². The summed E-state index contributed by atoms with van der Waals surface area (Å²) < 4.78 is 30.1. The molecule has 3 N–H and O–H groups in total. The first-order valence-corrected chi connectivity index (χ1v) is 15.3. The Morgan fingerprint density at radius 1 is 0.975 bits per heavy atom. The molecule has 0 heterocycles. The van der Waals surface area contributed by atoms with Gasteiger partial charge in [0.2, 0.25) is 20.9 Å². The standard InChI is InChI=1S/C30H44N2O6S.ClH/c1-22(2)11-8-9-15-26(21-39(36,37)23(3)33)30(35)32-28(18-24-12-6-5-7-13-24)29(34)20-31-19-25-14-10-16-27(17-25)38-4;/h5-7,10,12-14,16-17,22,26,28-29,31,34H,8-9,11,15,18-21H2,1-4H3,(H,32,35);1H/t26?,28-,29+;/m0./s1. The van der Waals surface area contributed by atoms with Gasteiger partial charge in [-0.05, 0) is 42.0 Å². The molecule has 224 valence electrons. The monoisotopic (exact) mass is 596 g/mol. The zero-order valence-electron chi connectivity index (χ0n) is 24.0. The van der Waals surface area contributed by atoms with E-state index in [2.05, 4.69) is 24.5 Å². The van der Waals surface area contributed by atoms with Crippen LogP contribution >= 0.6 is 12.4 Å². The number of amides is 1. The van der Waals surface area contributed by atoms with Gasteiger partial charge in [0.1, 0.15) is 5.75 Å². The molecule has 0 aromatic heterocycles. The van der Waals surface area contributed by atoms with Gasteiger partial charge in [-0.15, -0.1) is 12.4 Å². The molecule has 0 saturated carbocycles. The van der Waals surface area contributed by atoms with Crippen molar-refractivity contribution < 1.29 is 27.9 Å². The highest BCUT2D eigenvalue weighted by molar-refractivity contribution is 8.06. The van der Waals surface area contributed by atoms with Crippen molar-refractivity contribution in [3.63, 3.8) is 0 Å². The number of methoxy groups -OCH3 is 1. The van der Waals surface area contributed by atoms with E-state index in [0.29, 0.717) is 31.7 Å². The van der Waals surface area contributed by atoms with Gasteiger partial charge >= 0.3 is 0 Å². The summed E-state index contributed by atoms with van der Waals surface area (Å²) in [7, 11) is -2.44. The summed E-state index contributed by atoms with van der Waals surface area (Å²) in [6.07, 6.45) is 2.30. The van der Waals surface area contributed by atoms with Crippen LogP contribution in [-0.2, 0) is 32.4 Å². The van der Waals surface area contributed by atoms with Crippen LogP contribution in [0.3, 0.4) is 0 Å². The van der Waals surface area contributed by atoms with E-state index in [1.54, 1.807) is 7.11 Å². The van der Waals surface area contributed by atoms with Gasteiger partial charge in [0.05, 0.1) is 30.9 Å². The van der Waals surface area contributed by atoms with Gasteiger partial charge in [0, 0.05) is 20.0 Å². The first-order chi connectivity index (χ1) is 18.5. The number of aliphatic hydroxyl groups is 1. The van der Waals surface area contributed by atoms with E-state index in [1.807, 2.05) is 54.6 Å². The molecule has 0 aliphatic carbocycles. The number of halogens is 1. The molecule has 0 aliphatic rings. The fourth-order valence-corrected chi connectivity index (χ4v) is 5.44. The molecule has 0 fully saturated rings. The molecule has 3 atom stereocenters. The Balaban J connectivity index is 0.00000800. The quantitative estimate of drug-likeness (QED) is 0.235. The molecular formula is C30H45ClN2O6S. The Kier molecular flexibility index (Phi) is 16.1. The van der Waals surface area contributed by atoms with Crippen molar-refractivity contribution in [3.8, 4) is 5.75 Å². The van der Waals surface area contributed by atoms with Crippen LogP contribution in [-0.4, -0.2) is 56.1 Å². The molecule has 2 rings (SSSR count). The van der Waals surface area contributed by atoms with Crippen molar-refractivity contribution in [2.45, 2.75) is 71.6 Å². The highest BCUT2D eigenvalue weighted by atomic mass is 35.5. The van der Waals surface area contributed by atoms with Crippen molar-refractivity contribution in [1.82, 2.24) is 10.6 Å². The molecule has 2 aromatic rings. The second-order valence-electron chi connectivity index (χ2n) is 10.5. The van der Waals surface area contributed by atoms with E-state index in [9.17, 15) is 23.1 Å². The second kappa shape index (κ2) is 18.1. The average molecular weight is 597 g/mol. The maximum Gasteiger partial charge on any atom is 0.243 e. The van der Waals surface area contributed by atoms with Gasteiger partial charge < -0.3 is 20.5 Å². The molecule has 0 radical (unpaired) electrons. The molecule has 0 spiro atoms. The average Bonchev–Trinajstić information content (AvgIpc) is 2.90. The van der Waals surface area contributed by atoms with Crippen molar-refractivity contribution >= 4 is 33.3 Å². The van der Waals surface area contributed by atoms with Crippen LogP contribution in [0.1, 0.15) is 57.6 Å². The Labute approximate surface area is 245 Å². The van der Waals surface area contributed by atoms with Gasteiger partial charge in [0.15, 0.2) is 0 Å². The van der Waals surface area contributed by atoms with Crippen LogP contribution in [0.25, 0.3) is 0 Å². The number of nitrogens with one attached hydrogen (secondary N) is 2. The van der Waals surface area contributed by atoms with Gasteiger partial charge in [-0.2, -0.15) is 0 Å². The second-order valence-corrected chi connectivity index (χ2v) is 12.6. The van der Waals surface area contributed by atoms with Crippen LogP contribution < -0.4 is 15.4 Å². The molecule has 8 nitrogen and oxygen atoms in total. The van der Waals surface area contributed by atoms with Crippen LogP contribution in [0.2, 0.25) is 0 Å². The van der Waals surface area contributed by atoms with Crippen molar-refractivity contribution in [3.05, 3.63) is 65.7 Å². The number of hydrogen-bond donors (Lipinski definition) is 3. The summed E-state index contributed by atoms with van der Waals surface area (Å²) in [5.74, 6) is -0.617. The Hall–Kier alpha value is -2.46. The molecule has 0 bridgehead atoms. The number of ether oxygens (including phenoxy) is 1. The predicted octanol–water partition coefficient (Wildman–Crippen LogP) is 4.09. The third kappa shape index (κ3) is 12.8. The number of sulfone groups is 1. The number of hydrogen-bond acceptors (Lipinski definition) is 7. The van der Waals surface area contributed by atoms with Crippen LogP contribution in [0, 0.1) is 11.8 Å². The number of aliphatic hydroxyl groups excluding tert-OH is 1. The summed E-state index contributed by atoms with van der Waals surface area (Å²) in [4.78, 5) is 25.1. The highest BCUT2D eigenvalue weighted by Crippen LogP contribution is 2.18. The molecule has 10 heteroatoms. The lowest BCUT2D eigenvalue weighted by Gasteiger charge is -2.27. The minimum Gasteiger partial charge on any atom is -0.497 e. The maximum atomic E-state index is 13.4. The number of rotatable bonds is 17. The minimum atomic E-state index is -4.05. The van der Waals surface area contributed by atoms with E-state index in [-0.39, 0.29) is 19.0 Å². The smallest absolute Gasteiger partial charge is 0.243 e. The van der Waals surface area contributed by atoms with Gasteiger partial charge in [-0.3, -0.25) is 9.59 Å². The number of benzene rings is 2. The third-order valence-electron chi connectivity index (χ3n) is 6.72. The van der Waals surface area contributed by atoms with Crippen molar-refractivity contribution in [1.29, 1.82) is 0 Å². The van der Waals surface area contributed by atoms with Crippen LogP contribution in [0.15, 0.2) is 54.6 Å². The first kappa shape index (κ1) is 35.6. The van der Waals surface area contributed by atoms with Gasteiger partial charge in [-0.25, -0.2) is 8.42 Å². The Morgan fingerprint density at radius 2 is 1.62 bits per heavy atom. The number of carbonyl (C=O) groups excluding carboxylic acids is 2. The fourth-order valence-electron chi connectivity index (χ4n) is 4.36. The summed E-state index contributed by atoms with van der Waals surface area (Å²) in [5, 5.41) is 16.3. The normalized spacial score (nSPS) is 13.7. The van der Waals surface area contributed by atoms with E-state index < -0.39 is 44.7 Å². The Bertz CT molecular complexity index is 1140. The lowest BCUT2D eigenvalue weighted by atomic mass is 9.97. The summed E-state index contributed by atoms with van der Waals surface area (Å²) in [5.41, 5.74) is 1.92. The summed E-state index contributed by atoms with van der Waals surface area (Å²) in [6, 6.07) is 16.4. The van der Waals surface area contributed by atoms with Gasteiger partial charge in [0.25, 0.3) is 0 Å². The molecule has 1 amide bonds. The lowest BCUT2D eigenvalue weighted by Crippen LogP contribution is -2.51. The Morgan fingerprint density at radius 3 is 2.25 bits per heavy atom. The van der Waals surface area contributed by atoms with E-state index in [1.165, 1.54) is 0 Å². The molecule has 0 aliphatic heterocycles. The van der Waals surface area contributed by atoms with Crippen molar-refractivity contribution in [2.75, 3.05) is 19.4 Å². The summed E-state index contributed by atoms with van der Waals surface area (Å²) >= 11 is 0. The third-order valence-corrected chi connectivity index (χ3v) is 8.44. The minimum absolute atomic E-state index is 0. The number of carbonyl (C=O) groups is 2.